The number of ether oxygens (including phenoxy) is 1. The van der Waals surface area contributed by atoms with E-state index >= 15 is 0 Å². The van der Waals surface area contributed by atoms with Crippen LogP contribution in [0.2, 0.25) is 5.02 Å². The van der Waals surface area contributed by atoms with E-state index < -0.39 is 12.6 Å². The molecule has 1 aromatic carbocycles. The first-order valence-corrected chi connectivity index (χ1v) is 4.80. The normalized spacial score (nSPS) is 10.0. The first-order chi connectivity index (χ1) is 7.13. The van der Waals surface area contributed by atoms with Crippen LogP contribution in [-0.4, -0.2) is 19.3 Å². The van der Waals surface area contributed by atoms with Gasteiger partial charge >= 0.3 is 5.97 Å². The van der Waals surface area contributed by atoms with Crippen LogP contribution in [0.25, 0.3) is 0 Å². The molecule has 1 rings (SSSR count). The van der Waals surface area contributed by atoms with Gasteiger partial charge in [0.2, 0.25) is 0 Å². The van der Waals surface area contributed by atoms with E-state index in [1.165, 1.54) is 18.2 Å². The lowest BCUT2D eigenvalue weighted by Crippen LogP contribution is -2.07. The third-order valence-corrected chi connectivity index (χ3v) is 1.89. The molecule has 0 unspecified atom stereocenters. The SMILES string of the molecule is Nc1cc(Cl)cc(C(=O)OCCCF)c1. The largest absolute Gasteiger partial charge is 0.462 e. The van der Waals surface area contributed by atoms with Gasteiger partial charge in [-0.2, -0.15) is 0 Å². The molecule has 0 radical (unpaired) electrons. The van der Waals surface area contributed by atoms with Gasteiger partial charge in [-0.25, -0.2) is 4.79 Å². The van der Waals surface area contributed by atoms with Crippen LogP contribution in [0.15, 0.2) is 18.2 Å². The molecule has 0 saturated carbocycles. The lowest BCUT2D eigenvalue weighted by molar-refractivity contribution is 0.0494. The molecule has 5 heteroatoms. The Morgan fingerprint density at radius 2 is 2.20 bits per heavy atom. The molecule has 0 aromatic heterocycles. The number of alkyl halides is 1. The van der Waals surface area contributed by atoms with Crippen molar-refractivity contribution in [2.75, 3.05) is 19.0 Å². The minimum atomic E-state index is -0.544. The topological polar surface area (TPSA) is 52.3 Å². The second kappa shape index (κ2) is 5.56. The predicted molar refractivity (Wildman–Crippen MR) is 56.7 cm³/mol. The van der Waals surface area contributed by atoms with Gasteiger partial charge in [0.25, 0.3) is 0 Å². The van der Waals surface area contributed by atoms with Crippen molar-refractivity contribution in [3.8, 4) is 0 Å². The number of benzene rings is 1. The number of rotatable bonds is 4. The molecule has 0 aliphatic rings. The summed E-state index contributed by atoms with van der Waals surface area (Å²) in [5, 5.41) is 0.368. The molecule has 0 aliphatic carbocycles. The molecule has 0 aliphatic heterocycles. The second-order valence-electron chi connectivity index (χ2n) is 2.95. The fourth-order valence-electron chi connectivity index (χ4n) is 1.03. The van der Waals surface area contributed by atoms with Crippen molar-refractivity contribution in [2.24, 2.45) is 0 Å². The summed E-state index contributed by atoms with van der Waals surface area (Å²) < 4.78 is 16.5. The van der Waals surface area contributed by atoms with Crippen LogP contribution in [0.5, 0.6) is 0 Å². The fraction of sp³-hybridized carbons (Fsp3) is 0.300. The second-order valence-corrected chi connectivity index (χ2v) is 3.39. The number of hydrogen-bond acceptors (Lipinski definition) is 3. The van der Waals surface area contributed by atoms with Crippen molar-refractivity contribution in [3.63, 3.8) is 0 Å². The van der Waals surface area contributed by atoms with Gasteiger partial charge in [0.15, 0.2) is 0 Å². The lowest BCUT2D eigenvalue weighted by Gasteiger charge is -2.04. The van der Waals surface area contributed by atoms with Gasteiger partial charge in [-0.05, 0) is 18.2 Å². The van der Waals surface area contributed by atoms with E-state index in [9.17, 15) is 9.18 Å². The number of carbonyl (C=O) groups is 1. The number of anilines is 1. The Labute approximate surface area is 92.0 Å². The van der Waals surface area contributed by atoms with E-state index in [2.05, 4.69) is 0 Å². The van der Waals surface area contributed by atoms with Crippen molar-refractivity contribution in [1.82, 2.24) is 0 Å². The summed E-state index contributed by atoms with van der Waals surface area (Å²) in [4.78, 5) is 11.4. The minimum absolute atomic E-state index is 0.0573. The highest BCUT2D eigenvalue weighted by atomic mass is 35.5. The van der Waals surface area contributed by atoms with Crippen molar-refractivity contribution >= 4 is 23.3 Å². The predicted octanol–water partition coefficient (Wildman–Crippen LogP) is 2.44. The number of hydrogen-bond donors (Lipinski definition) is 1. The van der Waals surface area contributed by atoms with Crippen LogP contribution in [0.1, 0.15) is 16.8 Å². The molecular formula is C10H11ClFNO2. The zero-order valence-corrected chi connectivity index (χ0v) is 8.76. The summed E-state index contributed by atoms with van der Waals surface area (Å²) in [6, 6.07) is 4.44. The van der Waals surface area contributed by atoms with Crippen LogP contribution in [0, 0.1) is 0 Å². The van der Waals surface area contributed by atoms with Crippen LogP contribution < -0.4 is 5.73 Å². The van der Waals surface area contributed by atoms with E-state index in [0.29, 0.717) is 10.7 Å². The van der Waals surface area contributed by atoms with Gasteiger partial charge in [0.05, 0.1) is 18.8 Å². The fourth-order valence-corrected chi connectivity index (χ4v) is 1.28. The quantitative estimate of drug-likeness (QED) is 0.492. The summed E-state index contributed by atoms with van der Waals surface area (Å²) in [7, 11) is 0. The number of nitrogen functional groups attached to an aromatic ring is 1. The van der Waals surface area contributed by atoms with Gasteiger partial charge in [0, 0.05) is 17.1 Å². The Balaban J connectivity index is 2.65. The monoisotopic (exact) mass is 231 g/mol. The molecule has 82 valence electrons. The maximum Gasteiger partial charge on any atom is 0.338 e. The summed E-state index contributed by atoms with van der Waals surface area (Å²) in [6.45, 7) is -0.452. The Morgan fingerprint density at radius 1 is 1.47 bits per heavy atom. The molecule has 3 nitrogen and oxygen atoms in total. The van der Waals surface area contributed by atoms with Crippen molar-refractivity contribution in [1.29, 1.82) is 0 Å². The highest BCUT2D eigenvalue weighted by Gasteiger charge is 2.08. The van der Waals surface area contributed by atoms with Crippen molar-refractivity contribution in [3.05, 3.63) is 28.8 Å². The van der Waals surface area contributed by atoms with E-state index in [-0.39, 0.29) is 18.6 Å². The summed E-state index contributed by atoms with van der Waals surface area (Å²) in [5.41, 5.74) is 6.17. The highest BCUT2D eigenvalue weighted by molar-refractivity contribution is 6.31. The van der Waals surface area contributed by atoms with E-state index in [1.54, 1.807) is 0 Å². The van der Waals surface area contributed by atoms with E-state index in [4.69, 9.17) is 22.1 Å². The maximum absolute atomic E-state index is 11.7. The van der Waals surface area contributed by atoms with Crippen LogP contribution in [-0.2, 0) is 4.74 Å². The molecule has 2 N–H and O–H groups in total. The van der Waals surface area contributed by atoms with Crippen LogP contribution >= 0.6 is 11.6 Å². The van der Waals surface area contributed by atoms with Crippen LogP contribution in [0.3, 0.4) is 0 Å². The maximum atomic E-state index is 11.7. The zero-order chi connectivity index (χ0) is 11.3. The molecule has 0 fully saturated rings. The first kappa shape index (κ1) is 11.8. The Bertz CT molecular complexity index is 337. The Morgan fingerprint density at radius 3 is 2.80 bits per heavy atom. The molecule has 15 heavy (non-hydrogen) atoms. The molecular weight excluding hydrogens is 221 g/mol. The summed E-state index contributed by atoms with van der Waals surface area (Å²) in [6.07, 6.45) is 0.196. The van der Waals surface area contributed by atoms with Gasteiger partial charge in [0.1, 0.15) is 0 Å². The number of halogens is 2. The smallest absolute Gasteiger partial charge is 0.338 e. The first-order valence-electron chi connectivity index (χ1n) is 4.42. The lowest BCUT2D eigenvalue weighted by atomic mass is 10.2. The number of carbonyl (C=O) groups excluding carboxylic acids is 1. The molecule has 1 aromatic rings. The molecule has 0 amide bonds. The van der Waals surface area contributed by atoms with Gasteiger partial charge < -0.3 is 10.5 Å². The third kappa shape index (κ3) is 3.75. The van der Waals surface area contributed by atoms with E-state index in [0.717, 1.165) is 0 Å². The summed E-state index contributed by atoms with van der Waals surface area (Å²) in [5.74, 6) is -0.544. The molecule has 0 saturated heterocycles. The van der Waals surface area contributed by atoms with Crippen molar-refractivity contribution in [2.45, 2.75) is 6.42 Å². The zero-order valence-electron chi connectivity index (χ0n) is 8.00. The highest BCUT2D eigenvalue weighted by Crippen LogP contribution is 2.17. The molecule has 0 bridgehead atoms. The van der Waals surface area contributed by atoms with E-state index in [1.807, 2.05) is 0 Å². The average molecular weight is 232 g/mol. The average Bonchev–Trinajstić information content (AvgIpc) is 2.16. The summed E-state index contributed by atoms with van der Waals surface area (Å²) >= 11 is 5.71. The Hall–Kier alpha value is -1.29. The van der Waals surface area contributed by atoms with Gasteiger partial charge in [-0.1, -0.05) is 11.6 Å². The standard InChI is InChI=1S/C10H11ClFNO2/c11-8-4-7(5-9(13)6-8)10(14)15-3-1-2-12/h4-6H,1-3,13H2. The third-order valence-electron chi connectivity index (χ3n) is 1.67. The van der Waals surface area contributed by atoms with Crippen LogP contribution in [0.4, 0.5) is 10.1 Å². The minimum Gasteiger partial charge on any atom is -0.462 e. The molecule has 0 heterocycles. The molecule has 0 atom stereocenters. The molecule has 0 spiro atoms. The van der Waals surface area contributed by atoms with Gasteiger partial charge in [-0.3, -0.25) is 4.39 Å². The number of nitrogens with two attached hydrogens (primary N) is 1. The van der Waals surface area contributed by atoms with Gasteiger partial charge in [-0.15, -0.1) is 0 Å². The Kier molecular flexibility index (Phi) is 4.37. The van der Waals surface area contributed by atoms with Crippen molar-refractivity contribution < 1.29 is 13.9 Å². The number of esters is 1.